The van der Waals surface area contributed by atoms with Crippen LogP contribution in [-0.4, -0.2) is 92.6 Å². The molecule has 2 saturated heterocycles. The third-order valence-electron chi connectivity index (χ3n) is 10.2. The number of aromatic nitrogens is 2. The summed E-state index contributed by atoms with van der Waals surface area (Å²) in [6.45, 7) is 12.8. The van der Waals surface area contributed by atoms with Gasteiger partial charge in [-0.1, -0.05) is 46.0 Å². The van der Waals surface area contributed by atoms with Crippen LogP contribution in [0, 0.1) is 17.3 Å². The second-order valence-corrected chi connectivity index (χ2v) is 16.9. The van der Waals surface area contributed by atoms with E-state index in [1.54, 1.807) is 0 Å². The van der Waals surface area contributed by atoms with Crippen molar-refractivity contribution in [2.45, 2.75) is 96.9 Å². The van der Waals surface area contributed by atoms with Crippen LogP contribution in [0.15, 0.2) is 6.07 Å². The topological polar surface area (TPSA) is 118 Å². The zero-order valence-corrected chi connectivity index (χ0v) is 28.5. The number of piperazine rings is 1. The second kappa shape index (κ2) is 16.5. The van der Waals surface area contributed by atoms with Gasteiger partial charge in [0.2, 0.25) is 0 Å². The second-order valence-electron chi connectivity index (χ2n) is 14.7. The Kier molecular flexibility index (Phi) is 12.8. The van der Waals surface area contributed by atoms with Gasteiger partial charge in [0, 0.05) is 56.7 Å². The van der Waals surface area contributed by atoms with Crippen LogP contribution in [0.25, 0.3) is 0 Å². The molecule has 1 aromatic rings. The highest BCUT2D eigenvalue weighted by atomic mass is 31.2. The molecule has 4 fully saturated rings. The number of nitrogens with two attached hydrogens (primary N) is 1. The van der Waals surface area contributed by atoms with Gasteiger partial charge >= 0.3 is 7.60 Å². The first-order chi connectivity index (χ1) is 21.3. The lowest BCUT2D eigenvalue weighted by Crippen LogP contribution is -2.47. The molecule has 3 heterocycles. The molecule has 0 radical (unpaired) electrons. The van der Waals surface area contributed by atoms with E-state index in [4.69, 9.17) is 19.8 Å². The highest BCUT2D eigenvalue weighted by molar-refractivity contribution is 7.53. The first-order valence-electron chi connectivity index (χ1n) is 17.7. The minimum atomic E-state index is -2.98. The van der Waals surface area contributed by atoms with E-state index in [9.17, 15) is 4.57 Å². The minimum absolute atomic E-state index is 0.0695. The van der Waals surface area contributed by atoms with E-state index < -0.39 is 7.60 Å². The van der Waals surface area contributed by atoms with Crippen LogP contribution in [0.2, 0.25) is 0 Å². The summed E-state index contributed by atoms with van der Waals surface area (Å²) >= 11 is 0. The molecule has 0 unspecified atom stereocenters. The van der Waals surface area contributed by atoms with Gasteiger partial charge in [-0.25, -0.2) is 9.97 Å². The molecule has 2 aliphatic heterocycles. The normalized spacial score (nSPS) is 26.5. The summed E-state index contributed by atoms with van der Waals surface area (Å²) in [6, 6.07) is 2.68. The van der Waals surface area contributed by atoms with Crippen molar-refractivity contribution in [3.8, 4) is 0 Å². The molecule has 0 aromatic carbocycles. The van der Waals surface area contributed by atoms with Crippen molar-refractivity contribution >= 4 is 19.2 Å². The molecule has 1 aromatic heterocycles. The van der Waals surface area contributed by atoms with Crippen LogP contribution in [0.5, 0.6) is 0 Å². The van der Waals surface area contributed by atoms with Crippen molar-refractivity contribution in [3.63, 3.8) is 0 Å². The Hall–Kier alpha value is -1.29. The lowest BCUT2D eigenvalue weighted by Gasteiger charge is -2.37. The fraction of sp³-hybridized carbons (Fsp3) is 0.879. The number of anilines is 2. The maximum Gasteiger partial charge on any atom is 0.332 e. The SMILES string of the molecule is CC1(C)COP(=O)(CCN2CCN(c3cc(N)nc(CCC4CCC(CNCCCNC5CCCCC5)CC4)n3)CC2)OC1. The van der Waals surface area contributed by atoms with E-state index >= 15 is 0 Å². The van der Waals surface area contributed by atoms with E-state index in [1.807, 2.05) is 6.07 Å². The third-order valence-corrected chi connectivity index (χ3v) is 12.0. The maximum absolute atomic E-state index is 12.9. The number of nitrogens with zero attached hydrogens (tertiary/aromatic N) is 4. The van der Waals surface area contributed by atoms with E-state index in [2.05, 4.69) is 39.3 Å². The minimum Gasteiger partial charge on any atom is -0.384 e. The molecular formula is C33H60N7O3P. The molecule has 2 saturated carbocycles. The van der Waals surface area contributed by atoms with Crippen LogP contribution in [0.4, 0.5) is 11.6 Å². The first kappa shape index (κ1) is 34.1. The largest absolute Gasteiger partial charge is 0.384 e. The van der Waals surface area contributed by atoms with Gasteiger partial charge in [0.15, 0.2) is 0 Å². The number of hydrogen-bond donors (Lipinski definition) is 3. The quantitative estimate of drug-likeness (QED) is 0.189. The fourth-order valence-corrected chi connectivity index (χ4v) is 9.14. The summed E-state index contributed by atoms with van der Waals surface area (Å²) in [5, 5.41) is 7.49. The maximum atomic E-state index is 12.9. The molecule has 250 valence electrons. The standard InChI is InChI=1S/C33H60N7O3P/c1-33(2)25-42-44(41,43-26-33)22-21-39-17-19-40(20-18-39)32-23-30(34)37-31(38-32)14-13-27-9-11-28(12-10-27)24-35-15-6-16-36-29-7-4-3-5-8-29/h23,27-29,35-36H,3-22,24-26H2,1-2H3,(H2,34,37,38). The summed E-state index contributed by atoms with van der Waals surface area (Å²) < 4.78 is 24.2. The molecule has 11 heteroatoms. The van der Waals surface area contributed by atoms with Crippen molar-refractivity contribution < 1.29 is 13.6 Å². The zero-order valence-electron chi connectivity index (χ0n) is 27.6. The summed E-state index contributed by atoms with van der Waals surface area (Å²) in [5.41, 5.74) is 6.17. The van der Waals surface area contributed by atoms with E-state index in [0.717, 1.165) is 88.2 Å². The van der Waals surface area contributed by atoms with Crippen molar-refractivity contribution in [3.05, 3.63) is 11.9 Å². The predicted molar refractivity (Wildman–Crippen MR) is 179 cm³/mol. The first-order valence-corrected chi connectivity index (χ1v) is 19.4. The fourth-order valence-electron chi connectivity index (χ4n) is 7.19. The monoisotopic (exact) mass is 633 g/mol. The van der Waals surface area contributed by atoms with E-state index in [-0.39, 0.29) is 5.41 Å². The zero-order chi connectivity index (χ0) is 30.8. The number of rotatable bonds is 14. The Balaban J connectivity index is 0.950. The van der Waals surface area contributed by atoms with E-state index in [1.165, 1.54) is 70.8 Å². The number of aryl methyl sites for hydroxylation is 1. The molecule has 5 rings (SSSR count). The average Bonchev–Trinajstić information content (AvgIpc) is 3.03. The lowest BCUT2D eigenvalue weighted by molar-refractivity contribution is 0.0406. The Bertz CT molecular complexity index is 1040. The van der Waals surface area contributed by atoms with Crippen molar-refractivity contribution in [2.75, 3.05) is 82.4 Å². The third kappa shape index (κ3) is 10.9. The molecular weight excluding hydrogens is 573 g/mol. The Morgan fingerprint density at radius 3 is 2.39 bits per heavy atom. The Labute approximate surface area is 266 Å². The van der Waals surface area contributed by atoms with Gasteiger partial charge in [0.05, 0.1) is 19.4 Å². The summed E-state index contributed by atoms with van der Waals surface area (Å²) in [4.78, 5) is 14.2. The Morgan fingerprint density at radius 2 is 1.66 bits per heavy atom. The predicted octanol–water partition coefficient (Wildman–Crippen LogP) is 5.09. The average molecular weight is 634 g/mol. The summed E-state index contributed by atoms with van der Waals surface area (Å²) in [7, 11) is -2.98. The van der Waals surface area contributed by atoms with Gasteiger partial charge in [-0.15, -0.1) is 0 Å². The summed E-state index contributed by atoms with van der Waals surface area (Å²) in [5.74, 6) is 3.95. The lowest BCUT2D eigenvalue weighted by atomic mass is 9.80. The molecule has 44 heavy (non-hydrogen) atoms. The van der Waals surface area contributed by atoms with Crippen LogP contribution in [-0.2, 0) is 20.0 Å². The highest BCUT2D eigenvalue weighted by Crippen LogP contribution is 2.53. The molecule has 4 aliphatic rings. The van der Waals surface area contributed by atoms with Crippen LogP contribution in [0.3, 0.4) is 0 Å². The smallest absolute Gasteiger partial charge is 0.332 e. The van der Waals surface area contributed by atoms with Gasteiger partial charge in [-0.05, 0) is 70.0 Å². The van der Waals surface area contributed by atoms with Gasteiger partial charge in [0.25, 0.3) is 0 Å². The molecule has 0 spiro atoms. The number of nitrogen functional groups attached to an aromatic ring is 1. The van der Waals surface area contributed by atoms with Gasteiger partial charge < -0.3 is 30.3 Å². The summed E-state index contributed by atoms with van der Waals surface area (Å²) in [6.07, 6.45) is 16.0. The molecule has 0 bridgehead atoms. The molecule has 10 nitrogen and oxygen atoms in total. The number of nitrogens with one attached hydrogen (secondary N) is 2. The van der Waals surface area contributed by atoms with Crippen molar-refractivity contribution in [1.29, 1.82) is 0 Å². The molecule has 0 amide bonds. The molecule has 0 atom stereocenters. The van der Waals surface area contributed by atoms with Crippen LogP contribution in [0.1, 0.15) is 90.3 Å². The van der Waals surface area contributed by atoms with Gasteiger partial charge in [-0.3, -0.25) is 9.46 Å². The van der Waals surface area contributed by atoms with Crippen molar-refractivity contribution in [2.24, 2.45) is 17.3 Å². The number of hydrogen-bond acceptors (Lipinski definition) is 10. The highest BCUT2D eigenvalue weighted by Gasteiger charge is 2.36. The van der Waals surface area contributed by atoms with Gasteiger partial charge in [0.1, 0.15) is 17.5 Å². The Morgan fingerprint density at radius 1 is 0.955 bits per heavy atom. The molecule has 2 aliphatic carbocycles. The van der Waals surface area contributed by atoms with Gasteiger partial charge in [-0.2, -0.15) is 0 Å². The van der Waals surface area contributed by atoms with Crippen LogP contribution >= 0.6 is 7.60 Å². The van der Waals surface area contributed by atoms with Crippen molar-refractivity contribution in [1.82, 2.24) is 25.5 Å². The van der Waals surface area contributed by atoms with E-state index in [0.29, 0.717) is 25.2 Å². The van der Waals surface area contributed by atoms with Crippen LogP contribution < -0.4 is 21.3 Å². The molecule has 4 N–H and O–H groups in total.